The Morgan fingerprint density at radius 3 is 2.52 bits per heavy atom. The van der Waals surface area contributed by atoms with Crippen LogP contribution in [0, 0.1) is 0 Å². The highest BCUT2D eigenvalue weighted by Crippen LogP contribution is 2.46. The number of aromatic nitrogens is 1. The van der Waals surface area contributed by atoms with Crippen LogP contribution >= 0.6 is 0 Å². The van der Waals surface area contributed by atoms with E-state index in [0.29, 0.717) is 18.1 Å². The Morgan fingerprint density at radius 2 is 1.82 bits per heavy atom. The van der Waals surface area contributed by atoms with Crippen molar-refractivity contribution in [1.82, 2.24) is 10.4 Å². The summed E-state index contributed by atoms with van der Waals surface area (Å²) in [5.74, 6) is 1.38. The predicted molar refractivity (Wildman–Crippen MR) is 136 cm³/mol. The second-order valence-corrected chi connectivity index (χ2v) is 8.25. The molecule has 0 aliphatic carbocycles. The van der Waals surface area contributed by atoms with Gasteiger partial charge in [-0.15, -0.1) is 0 Å². The van der Waals surface area contributed by atoms with Crippen molar-refractivity contribution in [2.45, 2.75) is 26.2 Å². The molecule has 0 radical (unpaired) electrons. The summed E-state index contributed by atoms with van der Waals surface area (Å²) >= 11 is 0. The Labute approximate surface area is 195 Å². The molecule has 1 N–H and O–H groups in total. The highest BCUT2D eigenvalue weighted by Gasteiger charge is 2.37. The normalized spacial score (nSPS) is 16.3. The van der Waals surface area contributed by atoms with E-state index in [-0.39, 0.29) is 5.41 Å². The number of nitrogens with zero attached hydrogens (tertiary/aromatic N) is 4. The van der Waals surface area contributed by atoms with E-state index in [4.69, 9.17) is 9.73 Å². The molecule has 0 spiro atoms. The van der Waals surface area contributed by atoms with Gasteiger partial charge in [-0.1, -0.05) is 38.1 Å². The van der Waals surface area contributed by atoms with Crippen molar-refractivity contribution >= 4 is 23.4 Å². The molecular weight excluding hydrogens is 410 g/mol. The fourth-order valence-electron chi connectivity index (χ4n) is 4.06. The number of allylic oxidation sites excluding steroid dienone is 2. The van der Waals surface area contributed by atoms with Crippen molar-refractivity contribution < 1.29 is 4.74 Å². The lowest BCUT2D eigenvalue weighted by Gasteiger charge is -2.23. The lowest BCUT2D eigenvalue weighted by molar-refractivity contribution is 0.340. The summed E-state index contributed by atoms with van der Waals surface area (Å²) < 4.78 is 5.52. The Kier molecular flexibility index (Phi) is 6.54. The summed E-state index contributed by atoms with van der Waals surface area (Å²) in [7, 11) is 2.09. The van der Waals surface area contributed by atoms with Crippen molar-refractivity contribution in [1.29, 1.82) is 0 Å². The molecule has 6 nitrogen and oxygen atoms in total. The van der Waals surface area contributed by atoms with Crippen LogP contribution in [0.4, 0.5) is 11.4 Å². The Bertz CT molecular complexity index is 1180. The van der Waals surface area contributed by atoms with Crippen LogP contribution < -0.4 is 15.1 Å². The van der Waals surface area contributed by atoms with Gasteiger partial charge in [0.1, 0.15) is 11.4 Å². The van der Waals surface area contributed by atoms with Crippen molar-refractivity contribution in [3.05, 3.63) is 96.0 Å². The zero-order valence-electron chi connectivity index (χ0n) is 19.5. The average Bonchev–Trinajstić information content (AvgIpc) is 3.03. The van der Waals surface area contributed by atoms with E-state index in [2.05, 4.69) is 65.6 Å². The van der Waals surface area contributed by atoms with E-state index < -0.39 is 0 Å². The van der Waals surface area contributed by atoms with Crippen LogP contribution in [0.5, 0.6) is 5.75 Å². The van der Waals surface area contributed by atoms with Crippen molar-refractivity contribution in [2.24, 2.45) is 10.1 Å². The molecule has 2 heterocycles. The number of rotatable bonds is 6. The first kappa shape index (κ1) is 22.3. The maximum absolute atomic E-state index is 5.52. The number of para-hydroxylation sites is 1. The number of anilines is 1. The van der Waals surface area contributed by atoms with E-state index in [0.717, 1.165) is 11.4 Å². The molecular formula is C27H29N5O. The third-order valence-electron chi connectivity index (χ3n) is 5.71. The number of aliphatic imine (C=N–C) groups is 1. The Balaban J connectivity index is 1.56. The number of nitrogens with one attached hydrogen (secondary N) is 1. The van der Waals surface area contributed by atoms with E-state index in [1.807, 2.05) is 55.5 Å². The average molecular weight is 440 g/mol. The molecule has 6 heteroatoms. The van der Waals surface area contributed by atoms with Crippen LogP contribution in [0.1, 0.15) is 32.0 Å². The van der Waals surface area contributed by atoms with E-state index in [1.165, 1.54) is 16.9 Å². The molecule has 4 rings (SSSR count). The summed E-state index contributed by atoms with van der Waals surface area (Å²) in [4.78, 5) is 11.4. The van der Waals surface area contributed by atoms with Gasteiger partial charge < -0.3 is 9.64 Å². The van der Waals surface area contributed by atoms with Crippen LogP contribution in [0.2, 0.25) is 0 Å². The van der Waals surface area contributed by atoms with Crippen molar-refractivity contribution in [3.8, 4) is 5.75 Å². The standard InChI is InChI=1S/C27H29N5O/c1-5-33-21-15-13-20(14-16-21)30-26(23-11-8-9-18-28-23)31-29-19-17-25-27(2,3)22-10-6-7-12-24(22)32(25)4/h6-19H,5H2,1-4H3,(H,30,31). The molecule has 0 unspecified atom stereocenters. The third kappa shape index (κ3) is 4.80. The second-order valence-electron chi connectivity index (χ2n) is 8.25. The fraction of sp³-hybridized carbons (Fsp3) is 0.222. The zero-order chi connectivity index (χ0) is 23.3. The van der Waals surface area contributed by atoms with Gasteiger partial charge in [0, 0.05) is 36.3 Å². The number of likely N-dealkylation sites (N-methyl/N-ethyl adjacent to an activating group) is 1. The molecule has 0 fully saturated rings. The minimum absolute atomic E-state index is 0.0996. The molecule has 0 bridgehead atoms. The summed E-state index contributed by atoms with van der Waals surface area (Å²) in [5.41, 5.74) is 8.18. The number of benzene rings is 2. The number of hydrogen-bond acceptors (Lipinski definition) is 5. The molecule has 2 aromatic carbocycles. The van der Waals surface area contributed by atoms with Crippen molar-refractivity contribution in [3.63, 3.8) is 0 Å². The zero-order valence-corrected chi connectivity index (χ0v) is 19.5. The highest BCUT2D eigenvalue weighted by molar-refractivity contribution is 5.99. The van der Waals surface area contributed by atoms with Gasteiger partial charge in [0.05, 0.1) is 12.3 Å². The topological polar surface area (TPSA) is 62.1 Å². The van der Waals surface area contributed by atoms with Gasteiger partial charge in [-0.2, -0.15) is 5.10 Å². The van der Waals surface area contributed by atoms with Crippen molar-refractivity contribution in [2.75, 3.05) is 18.6 Å². The van der Waals surface area contributed by atoms with Gasteiger partial charge in [-0.05, 0) is 61.0 Å². The number of ether oxygens (including phenoxy) is 1. The summed E-state index contributed by atoms with van der Waals surface area (Å²) in [6.07, 6.45) is 5.56. The summed E-state index contributed by atoms with van der Waals surface area (Å²) in [5, 5.41) is 4.44. The number of fused-ring (bicyclic) bond motifs is 1. The third-order valence-corrected chi connectivity index (χ3v) is 5.71. The lowest BCUT2D eigenvalue weighted by Crippen LogP contribution is -2.23. The first-order valence-electron chi connectivity index (χ1n) is 11.1. The highest BCUT2D eigenvalue weighted by atomic mass is 16.5. The van der Waals surface area contributed by atoms with Gasteiger partial charge in [-0.3, -0.25) is 10.4 Å². The number of pyridine rings is 1. The van der Waals surface area contributed by atoms with Gasteiger partial charge in [-0.25, -0.2) is 4.99 Å². The van der Waals surface area contributed by atoms with E-state index in [9.17, 15) is 0 Å². The molecule has 3 aromatic rings. The van der Waals surface area contributed by atoms with Crippen LogP contribution in [0.25, 0.3) is 0 Å². The molecule has 1 aromatic heterocycles. The predicted octanol–water partition coefficient (Wildman–Crippen LogP) is 5.45. The quantitative estimate of drug-likeness (QED) is 0.315. The molecule has 168 valence electrons. The minimum atomic E-state index is -0.0996. The number of hydrazone groups is 1. The molecule has 1 aliphatic heterocycles. The van der Waals surface area contributed by atoms with Crippen LogP contribution in [-0.2, 0) is 5.41 Å². The molecule has 0 saturated carbocycles. The monoisotopic (exact) mass is 439 g/mol. The Morgan fingerprint density at radius 1 is 1.06 bits per heavy atom. The number of hydrogen-bond donors (Lipinski definition) is 1. The molecule has 33 heavy (non-hydrogen) atoms. The largest absolute Gasteiger partial charge is 0.494 e. The van der Waals surface area contributed by atoms with Crippen LogP contribution in [-0.4, -0.2) is 30.7 Å². The van der Waals surface area contributed by atoms with E-state index in [1.54, 1.807) is 12.4 Å². The van der Waals surface area contributed by atoms with Gasteiger partial charge in [0.15, 0.2) is 5.84 Å². The lowest BCUT2D eigenvalue weighted by atomic mass is 9.84. The first-order chi connectivity index (χ1) is 16.0. The van der Waals surface area contributed by atoms with Crippen LogP contribution in [0.15, 0.2) is 94.8 Å². The fourth-order valence-corrected chi connectivity index (χ4v) is 4.06. The maximum atomic E-state index is 5.52. The summed E-state index contributed by atoms with van der Waals surface area (Å²) in [6.45, 7) is 7.06. The Hall–Kier alpha value is -3.93. The van der Waals surface area contributed by atoms with Gasteiger partial charge in [0.25, 0.3) is 0 Å². The number of amidine groups is 1. The van der Waals surface area contributed by atoms with Gasteiger partial charge in [0.2, 0.25) is 0 Å². The maximum Gasteiger partial charge on any atom is 0.172 e. The smallest absolute Gasteiger partial charge is 0.172 e. The molecule has 0 amide bonds. The van der Waals surface area contributed by atoms with E-state index >= 15 is 0 Å². The van der Waals surface area contributed by atoms with Gasteiger partial charge >= 0.3 is 0 Å². The second kappa shape index (κ2) is 9.69. The minimum Gasteiger partial charge on any atom is -0.494 e. The molecule has 0 saturated heterocycles. The first-order valence-corrected chi connectivity index (χ1v) is 11.1. The molecule has 1 aliphatic rings. The van der Waals surface area contributed by atoms with Crippen LogP contribution in [0.3, 0.4) is 0 Å². The molecule has 0 atom stereocenters. The SMILES string of the molecule is CCOc1ccc(N=C(NN=CC=C2N(C)c3ccccc3C2(C)C)c2ccccn2)cc1. The summed E-state index contributed by atoms with van der Waals surface area (Å²) in [6, 6.07) is 21.8.